The zero-order valence-electron chi connectivity index (χ0n) is 11.9. The fourth-order valence-corrected chi connectivity index (χ4v) is 1.75. The summed E-state index contributed by atoms with van der Waals surface area (Å²) in [6.07, 6.45) is 1.46. The molecule has 1 rings (SSSR count). The van der Waals surface area contributed by atoms with Crippen LogP contribution in [-0.2, 0) is 9.53 Å². The Morgan fingerprint density at radius 3 is 2.58 bits per heavy atom. The highest BCUT2D eigenvalue weighted by Crippen LogP contribution is 2.15. The molecular weight excluding hydrogens is 242 g/mol. The van der Waals surface area contributed by atoms with Gasteiger partial charge >= 0.3 is 5.97 Å². The summed E-state index contributed by atoms with van der Waals surface area (Å²) >= 11 is 0. The third kappa shape index (κ3) is 4.91. The highest BCUT2D eigenvalue weighted by Gasteiger charge is 2.32. The molecule has 1 atom stereocenters. The molecule has 0 saturated carbocycles. The molecule has 1 N–H and O–H groups in total. The second-order valence-electron chi connectivity index (χ2n) is 4.57. The van der Waals surface area contributed by atoms with Gasteiger partial charge in [0.1, 0.15) is 11.3 Å². The number of para-hydroxylation sites is 1. The largest absolute Gasteiger partial charge is 0.494 e. The first kappa shape index (κ1) is 15.5. The Bertz CT molecular complexity index is 380. The highest BCUT2D eigenvalue weighted by atomic mass is 16.5. The zero-order chi connectivity index (χ0) is 14.1. The van der Waals surface area contributed by atoms with Gasteiger partial charge in [0, 0.05) is 0 Å². The van der Waals surface area contributed by atoms with Crippen molar-refractivity contribution in [2.45, 2.75) is 32.2 Å². The minimum absolute atomic E-state index is 0.211. The lowest BCUT2D eigenvalue weighted by Crippen LogP contribution is -2.48. The third-order valence-corrected chi connectivity index (χ3v) is 3.11. The number of hydrogen-bond donors (Lipinski definition) is 1. The van der Waals surface area contributed by atoms with Gasteiger partial charge in [-0.3, -0.25) is 4.79 Å². The molecule has 0 aliphatic rings. The van der Waals surface area contributed by atoms with Crippen molar-refractivity contribution >= 4 is 5.97 Å². The number of rotatable bonds is 8. The number of carbonyl (C=O) groups excluding carboxylic acids is 1. The zero-order valence-corrected chi connectivity index (χ0v) is 11.9. The van der Waals surface area contributed by atoms with Crippen LogP contribution >= 0.6 is 0 Å². The molecule has 1 unspecified atom stereocenters. The fourth-order valence-electron chi connectivity index (χ4n) is 1.75. The second kappa shape index (κ2) is 7.79. The lowest BCUT2D eigenvalue weighted by atomic mass is 9.96. The van der Waals surface area contributed by atoms with Crippen molar-refractivity contribution in [3.63, 3.8) is 0 Å². The molecule has 19 heavy (non-hydrogen) atoms. The smallest absolute Gasteiger partial charge is 0.326 e. The fraction of sp³-hybridized carbons (Fsp3) is 0.533. The van der Waals surface area contributed by atoms with Gasteiger partial charge in [-0.15, -0.1) is 0 Å². The van der Waals surface area contributed by atoms with Crippen molar-refractivity contribution in [2.75, 3.05) is 20.3 Å². The maximum Gasteiger partial charge on any atom is 0.326 e. The molecule has 4 nitrogen and oxygen atoms in total. The number of carbonyl (C=O) groups is 1. The molecule has 0 aromatic heterocycles. The van der Waals surface area contributed by atoms with E-state index in [1.807, 2.05) is 44.2 Å². The maximum absolute atomic E-state index is 11.8. The van der Waals surface area contributed by atoms with E-state index in [-0.39, 0.29) is 5.97 Å². The Morgan fingerprint density at radius 2 is 2.00 bits per heavy atom. The minimum atomic E-state index is -0.643. The average molecular weight is 265 g/mol. The summed E-state index contributed by atoms with van der Waals surface area (Å²) in [5, 5.41) is 3.03. The molecule has 1 aromatic rings. The first-order valence-electron chi connectivity index (χ1n) is 6.66. The van der Waals surface area contributed by atoms with E-state index in [0.29, 0.717) is 19.6 Å². The summed E-state index contributed by atoms with van der Waals surface area (Å²) in [5.74, 6) is 0.641. The van der Waals surface area contributed by atoms with Gasteiger partial charge in [-0.25, -0.2) is 0 Å². The summed E-state index contributed by atoms with van der Waals surface area (Å²) in [4.78, 5) is 11.8. The van der Waals surface area contributed by atoms with E-state index in [1.54, 1.807) is 7.05 Å². The summed E-state index contributed by atoms with van der Waals surface area (Å²) in [7, 11) is 1.77. The average Bonchev–Trinajstić information content (AvgIpc) is 2.44. The topological polar surface area (TPSA) is 47.6 Å². The Balaban J connectivity index is 2.35. The van der Waals surface area contributed by atoms with Crippen molar-refractivity contribution < 1.29 is 14.3 Å². The Hall–Kier alpha value is -1.55. The van der Waals surface area contributed by atoms with Crippen LogP contribution in [0.5, 0.6) is 5.75 Å². The van der Waals surface area contributed by atoms with Crippen molar-refractivity contribution in [2.24, 2.45) is 0 Å². The Kier molecular flexibility index (Phi) is 6.36. The normalized spacial score (nSPS) is 13.6. The van der Waals surface area contributed by atoms with Crippen LogP contribution in [0.25, 0.3) is 0 Å². The molecule has 0 fully saturated rings. The molecule has 0 aliphatic carbocycles. The van der Waals surface area contributed by atoms with Gasteiger partial charge in [-0.1, -0.05) is 18.2 Å². The first-order valence-corrected chi connectivity index (χ1v) is 6.66. The van der Waals surface area contributed by atoms with Crippen LogP contribution in [0.1, 0.15) is 26.7 Å². The van der Waals surface area contributed by atoms with E-state index in [9.17, 15) is 4.79 Å². The van der Waals surface area contributed by atoms with Gasteiger partial charge < -0.3 is 14.8 Å². The molecule has 4 heteroatoms. The highest BCUT2D eigenvalue weighted by molar-refractivity contribution is 5.80. The van der Waals surface area contributed by atoms with Gasteiger partial charge in [0.05, 0.1) is 13.2 Å². The van der Waals surface area contributed by atoms with Gasteiger partial charge in [0.2, 0.25) is 0 Å². The monoisotopic (exact) mass is 265 g/mol. The predicted octanol–water partition coefficient (Wildman–Crippen LogP) is 2.39. The lowest BCUT2D eigenvalue weighted by Gasteiger charge is -2.26. The quantitative estimate of drug-likeness (QED) is 0.579. The summed E-state index contributed by atoms with van der Waals surface area (Å²) in [6, 6.07) is 9.66. The molecule has 0 bridgehead atoms. The molecule has 0 saturated heterocycles. The summed E-state index contributed by atoms with van der Waals surface area (Å²) in [5.41, 5.74) is -0.643. The second-order valence-corrected chi connectivity index (χ2v) is 4.57. The first-order chi connectivity index (χ1) is 9.12. The Morgan fingerprint density at radius 1 is 1.32 bits per heavy atom. The number of benzene rings is 1. The van der Waals surface area contributed by atoms with Crippen LogP contribution in [0.15, 0.2) is 30.3 Å². The molecule has 0 heterocycles. The number of nitrogens with one attached hydrogen (secondary N) is 1. The summed E-state index contributed by atoms with van der Waals surface area (Å²) in [6.45, 7) is 4.65. The number of hydrogen-bond acceptors (Lipinski definition) is 4. The van der Waals surface area contributed by atoms with E-state index in [1.165, 1.54) is 0 Å². The molecule has 106 valence electrons. The van der Waals surface area contributed by atoms with Crippen LogP contribution in [0.4, 0.5) is 0 Å². The predicted molar refractivity (Wildman–Crippen MR) is 75.3 cm³/mol. The van der Waals surface area contributed by atoms with Gasteiger partial charge in [0.15, 0.2) is 0 Å². The van der Waals surface area contributed by atoms with E-state index in [2.05, 4.69) is 5.32 Å². The Labute approximate surface area is 115 Å². The van der Waals surface area contributed by atoms with Crippen LogP contribution in [0.2, 0.25) is 0 Å². The molecule has 0 spiro atoms. The van der Waals surface area contributed by atoms with Gasteiger partial charge in [-0.2, -0.15) is 0 Å². The number of likely N-dealkylation sites (N-methyl/N-ethyl adjacent to an activating group) is 1. The van der Waals surface area contributed by atoms with Crippen LogP contribution < -0.4 is 10.1 Å². The SMILES string of the molecule is CCOC(=O)C(C)(CCCOc1ccccc1)NC. The molecule has 0 aliphatic heterocycles. The van der Waals surface area contributed by atoms with Crippen LogP contribution in [-0.4, -0.2) is 31.8 Å². The van der Waals surface area contributed by atoms with Crippen LogP contribution in [0, 0.1) is 0 Å². The summed E-state index contributed by atoms with van der Waals surface area (Å²) < 4.78 is 10.7. The van der Waals surface area contributed by atoms with E-state index >= 15 is 0 Å². The molecule has 0 amide bonds. The molecule has 1 aromatic carbocycles. The number of esters is 1. The van der Waals surface area contributed by atoms with E-state index in [0.717, 1.165) is 12.2 Å². The van der Waals surface area contributed by atoms with Crippen molar-refractivity contribution in [3.8, 4) is 5.75 Å². The lowest BCUT2D eigenvalue weighted by molar-refractivity contribution is -0.150. The molecule has 0 radical (unpaired) electrons. The van der Waals surface area contributed by atoms with E-state index in [4.69, 9.17) is 9.47 Å². The van der Waals surface area contributed by atoms with Crippen molar-refractivity contribution in [1.29, 1.82) is 0 Å². The third-order valence-electron chi connectivity index (χ3n) is 3.11. The standard InChI is InChI=1S/C15H23NO3/c1-4-18-14(17)15(2,16-3)11-8-12-19-13-9-6-5-7-10-13/h5-7,9-10,16H,4,8,11-12H2,1-3H3. The maximum atomic E-state index is 11.8. The minimum Gasteiger partial charge on any atom is -0.494 e. The van der Waals surface area contributed by atoms with Crippen molar-refractivity contribution in [1.82, 2.24) is 5.32 Å². The van der Waals surface area contributed by atoms with E-state index < -0.39 is 5.54 Å². The van der Waals surface area contributed by atoms with Crippen molar-refractivity contribution in [3.05, 3.63) is 30.3 Å². The number of ether oxygens (including phenoxy) is 2. The molecular formula is C15H23NO3. The van der Waals surface area contributed by atoms with Gasteiger partial charge in [0.25, 0.3) is 0 Å². The van der Waals surface area contributed by atoms with Gasteiger partial charge in [-0.05, 0) is 45.9 Å². The van der Waals surface area contributed by atoms with Crippen LogP contribution in [0.3, 0.4) is 0 Å².